The number of fused-ring (bicyclic) bond motifs is 1. The third-order valence-electron chi connectivity index (χ3n) is 5.82. The van der Waals surface area contributed by atoms with Crippen molar-refractivity contribution in [3.05, 3.63) is 81.3 Å². The topological polar surface area (TPSA) is 127 Å². The van der Waals surface area contributed by atoms with Crippen molar-refractivity contribution in [2.45, 2.75) is 6.61 Å². The number of rotatable bonds is 6. The molecule has 0 spiro atoms. The van der Waals surface area contributed by atoms with E-state index in [-0.39, 0.29) is 24.7 Å². The first kappa shape index (κ1) is 24.9. The van der Waals surface area contributed by atoms with E-state index in [1.807, 2.05) is 6.07 Å². The third kappa shape index (κ3) is 4.65. The molecule has 0 radical (unpaired) electrons. The van der Waals surface area contributed by atoms with Gasteiger partial charge >= 0.3 is 6.03 Å². The van der Waals surface area contributed by atoms with Gasteiger partial charge in [-0.2, -0.15) is 5.26 Å². The predicted molar refractivity (Wildman–Crippen MR) is 138 cm³/mol. The minimum absolute atomic E-state index is 0.0307. The van der Waals surface area contributed by atoms with Gasteiger partial charge in [-0.25, -0.2) is 9.69 Å². The van der Waals surface area contributed by atoms with Crippen LogP contribution in [0.2, 0.25) is 0 Å². The summed E-state index contributed by atoms with van der Waals surface area (Å²) in [5, 5.41) is 11.5. The number of methoxy groups -OCH3 is 1. The Morgan fingerprint density at radius 3 is 2.66 bits per heavy atom. The quantitative estimate of drug-likeness (QED) is 0.340. The Labute approximate surface area is 225 Å². The molecule has 190 valence electrons. The number of anilines is 1. The maximum atomic E-state index is 13.3. The van der Waals surface area contributed by atoms with E-state index in [4.69, 9.17) is 18.9 Å². The molecule has 2 aliphatic rings. The van der Waals surface area contributed by atoms with E-state index in [2.05, 4.69) is 27.3 Å². The molecular weight excluding hydrogens is 558 g/mol. The molecule has 5 rings (SSSR count). The standard InChI is InChI=1S/C27H18BrN3O7/c1-35-22-9-17(20(28)11-24(22)36-13-16-5-3-2-4-15(16)12-29)8-19-25(32)30-27(34)31(26(19)33)18-6-7-21-23(10-18)38-14-37-21/h2-11H,13-14H2,1H3,(H,30,32,34)/b19-8+. The number of benzene rings is 3. The zero-order valence-electron chi connectivity index (χ0n) is 19.8. The summed E-state index contributed by atoms with van der Waals surface area (Å²) in [7, 11) is 1.45. The molecule has 1 N–H and O–H groups in total. The van der Waals surface area contributed by atoms with Crippen LogP contribution in [0.4, 0.5) is 10.5 Å². The number of nitrogens with one attached hydrogen (secondary N) is 1. The number of ether oxygens (including phenoxy) is 4. The zero-order valence-corrected chi connectivity index (χ0v) is 21.4. The fourth-order valence-corrected chi connectivity index (χ4v) is 4.35. The molecule has 3 aromatic rings. The van der Waals surface area contributed by atoms with Crippen molar-refractivity contribution in [2.24, 2.45) is 0 Å². The second-order valence-corrected chi connectivity index (χ2v) is 8.93. The van der Waals surface area contributed by atoms with Gasteiger partial charge in [0, 0.05) is 16.1 Å². The zero-order chi connectivity index (χ0) is 26.8. The Balaban J connectivity index is 1.44. The van der Waals surface area contributed by atoms with E-state index < -0.39 is 17.8 Å². The Bertz CT molecular complexity index is 1560. The molecule has 2 heterocycles. The second kappa shape index (κ2) is 10.3. The van der Waals surface area contributed by atoms with E-state index in [0.717, 1.165) is 4.90 Å². The van der Waals surface area contributed by atoms with Crippen LogP contribution in [0.5, 0.6) is 23.0 Å². The summed E-state index contributed by atoms with van der Waals surface area (Å²) in [5.74, 6) is -0.0631. The number of imide groups is 2. The molecule has 10 nitrogen and oxygen atoms in total. The van der Waals surface area contributed by atoms with Crippen molar-refractivity contribution in [3.63, 3.8) is 0 Å². The van der Waals surface area contributed by atoms with Crippen LogP contribution in [0.25, 0.3) is 6.08 Å². The van der Waals surface area contributed by atoms with Crippen LogP contribution in [0.1, 0.15) is 16.7 Å². The summed E-state index contributed by atoms with van der Waals surface area (Å²) in [4.78, 5) is 39.4. The molecule has 1 saturated heterocycles. The van der Waals surface area contributed by atoms with E-state index >= 15 is 0 Å². The number of hydrogen-bond acceptors (Lipinski definition) is 8. The highest BCUT2D eigenvalue weighted by atomic mass is 79.9. The molecular formula is C27H18BrN3O7. The minimum atomic E-state index is -0.881. The lowest BCUT2D eigenvalue weighted by Gasteiger charge is -2.26. The smallest absolute Gasteiger partial charge is 0.335 e. The van der Waals surface area contributed by atoms with E-state index in [1.165, 1.54) is 25.3 Å². The maximum absolute atomic E-state index is 13.3. The van der Waals surface area contributed by atoms with Crippen LogP contribution in [0, 0.1) is 11.3 Å². The highest BCUT2D eigenvalue weighted by Gasteiger charge is 2.37. The van der Waals surface area contributed by atoms with Crippen molar-refractivity contribution in [2.75, 3.05) is 18.8 Å². The fourth-order valence-electron chi connectivity index (χ4n) is 3.92. The Hall–Kier alpha value is -4.82. The summed E-state index contributed by atoms with van der Waals surface area (Å²) in [6.07, 6.45) is 1.35. The molecule has 0 aliphatic carbocycles. The van der Waals surface area contributed by atoms with Gasteiger partial charge in [0.25, 0.3) is 11.8 Å². The van der Waals surface area contributed by atoms with Crippen molar-refractivity contribution >= 4 is 45.5 Å². The molecule has 0 bridgehead atoms. The predicted octanol–water partition coefficient (Wildman–Crippen LogP) is 4.30. The van der Waals surface area contributed by atoms with Crippen LogP contribution in [0.15, 0.2) is 64.6 Å². The molecule has 0 saturated carbocycles. The minimum Gasteiger partial charge on any atom is -0.493 e. The Kier molecular flexibility index (Phi) is 6.72. The van der Waals surface area contributed by atoms with Crippen LogP contribution >= 0.6 is 15.9 Å². The fraction of sp³-hybridized carbons (Fsp3) is 0.111. The molecule has 2 aliphatic heterocycles. The monoisotopic (exact) mass is 575 g/mol. The number of carbonyl (C=O) groups is 3. The van der Waals surface area contributed by atoms with E-state index in [1.54, 1.807) is 36.4 Å². The number of nitrogens with zero attached hydrogens (tertiary/aromatic N) is 2. The van der Waals surface area contributed by atoms with Gasteiger partial charge in [0.2, 0.25) is 6.79 Å². The molecule has 11 heteroatoms. The number of carbonyl (C=O) groups excluding carboxylic acids is 3. The van der Waals surface area contributed by atoms with Crippen molar-refractivity contribution < 1.29 is 33.3 Å². The number of nitriles is 1. The second-order valence-electron chi connectivity index (χ2n) is 8.08. The highest BCUT2D eigenvalue weighted by Crippen LogP contribution is 2.38. The van der Waals surface area contributed by atoms with Gasteiger partial charge in [-0.15, -0.1) is 0 Å². The van der Waals surface area contributed by atoms with Gasteiger partial charge < -0.3 is 18.9 Å². The first-order valence-electron chi connectivity index (χ1n) is 11.2. The largest absolute Gasteiger partial charge is 0.493 e. The van der Waals surface area contributed by atoms with Gasteiger partial charge in [0.1, 0.15) is 12.2 Å². The number of amides is 4. The van der Waals surface area contributed by atoms with Crippen molar-refractivity contribution in [3.8, 4) is 29.1 Å². The number of hydrogen-bond donors (Lipinski definition) is 1. The lowest BCUT2D eigenvalue weighted by molar-refractivity contribution is -0.122. The molecule has 0 aromatic heterocycles. The van der Waals surface area contributed by atoms with Gasteiger partial charge in [-0.05, 0) is 42.0 Å². The van der Waals surface area contributed by atoms with Gasteiger partial charge in [0.15, 0.2) is 23.0 Å². The van der Waals surface area contributed by atoms with Crippen LogP contribution in [-0.2, 0) is 16.2 Å². The lowest BCUT2D eigenvalue weighted by Crippen LogP contribution is -2.54. The first-order valence-corrected chi connectivity index (χ1v) is 12.0. The highest BCUT2D eigenvalue weighted by molar-refractivity contribution is 9.10. The normalized spacial score (nSPS) is 15.3. The summed E-state index contributed by atoms with van der Waals surface area (Å²) in [6.45, 7) is 0.156. The average Bonchev–Trinajstić information content (AvgIpc) is 3.39. The molecule has 38 heavy (non-hydrogen) atoms. The maximum Gasteiger partial charge on any atom is 0.335 e. The molecule has 0 unspecified atom stereocenters. The number of halogens is 1. The van der Waals surface area contributed by atoms with E-state index in [9.17, 15) is 19.6 Å². The van der Waals surface area contributed by atoms with Crippen LogP contribution in [-0.4, -0.2) is 31.7 Å². The van der Waals surface area contributed by atoms with Crippen molar-refractivity contribution in [1.82, 2.24) is 5.32 Å². The van der Waals surface area contributed by atoms with Gasteiger partial charge in [-0.3, -0.25) is 14.9 Å². The third-order valence-corrected chi connectivity index (χ3v) is 6.51. The van der Waals surface area contributed by atoms with Gasteiger partial charge in [-0.1, -0.05) is 34.1 Å². The summed E-state index contributed by atoms with van der Waals surface area (Å²) in [5.41, 5.74) is 1.59. The first-order chi connectivity index (χ1) is 18.4. The van der Waals surface area contributed by atoms with E-state index in [0.29, 0.717) is 44.2 Å². The summed E-state index contributed by atoms with van der Waals surface area (Å²) >= 11 is 3.45. The number of urea groups is 1. The summed E-state index contributed by atoms with van der Waals surface area (Å²) in [6, 6.07) is 16.1. The lowest BCUT2D eigenvalue weighted by atomic mass is 10.1. The molecule has 1 fully saturated rings. The number of barbiturate groups is 1. The van der Waals surface area contributed by atoms with Crippen molar-refractivity contribution in [1.29, 1.82) is 5.26 Å². The Morgan fingerprint density at radius 1 is 1.08 bits per heavy atom. The Morgan fingerprint density at radius 2 is 1.87 bits per heavy atom. The molecule has 4 amide bonds. The summed E-state index contributed by atoms with van der Waals surface area (Å²) < 4.78 is 22.5. The molecule has 3 aromatic carbocycles. The SMILES string of the molecule is COc1cc(/C=C2\C(=O)NC(=O)N(c3ccc4c(c3)OCO4)C2=O)c(Br)cc1OCc1ccccc1C#N. The van der Waals surface area contributed by atoms with Crippen LogP contribution in [0.3, 0.4) is 0 Å². The van der Waals surface area contributed by atoms with Gasteiger partial charge in [0.05, 0.1) is 24.4 Å². The molecule has 0 atom stereocenters. The average molecular weight is 576 g/mol. The van der Waals surface area contributed by atoms with Crippen LogP contribution < -0.4 is 29.2 Å².